The van der Waals surface area contributed by atoms with Gasteiger partial charge in [0.1, 0.15) is 0 Å². The van der Waals surface area contributed by atoms with Crippen molar-refractivity contribution in [1.82, 2.24) is 0 Å². The standard InChI is InChI=1S/C6H13N/c1-6(2)4-3-5-7/h6H,1-5,7H2. The Labute approximate surface area is 45.9 Å². The first-order valence-corrected chi connectivity index (χ1v) is 2.63. The summed E-state index contributed by atoms with van der Waals surface area (Å²) in [6.07, 6.45) is 2.11. The highest BCUT2D eigenvalue weighted by Gasteiger charge is 1.88. The summed E-state index contributed by atoms with van der Waals surface area (Å²) in [5, 5.41) is 0. The van der Waals surface area contributed by atoms with Gasteiger partial charge >= 0.3 is 0 Å². The van der Waals surface area contributed by atoms with Crippen LogP contribution in [0.4, 0.5) is 0 Å². The van der Waals surface area contributed by atoms with E-state index in [4.69, 9.17) is 5.73 Å². The molecule has 0 spiro atoms. The van der Waals surface area contributed by atoms with Crippen molar-refractivity contribution >= 4 is 0 Å². The van der Waals surface area contributed by atoms with Gasteiger partial charge in [-0.25, -0.2) is 0 Å². The maximum absolute atomic E-state index is 5.22. The molecule has 0 unspecified atom stereocenters. The van der Waals surface area contributed by atoms with Crippen LogP contribution in [0.3, 0.4) is 0 Å². The molecule has 0 saturated heterocycles. The average Bonchev–Trinajstić information content (AvgIpc) is 1.61. The predicted molar refractivity (Wildman–Crippen MR) is 32.5 cm³/mol. The lowest BCUT2D eigenvalue weighted by atomic mass is 10.1. The summed E-state index contributed by atoms with van der Waals surface area (Å²) in [4.78, 5) is 0. The molecule has 0 aliphatic heterocycles. The normalized spacial score (nSPS) is 14.0. The van der Waals surface area contributed by atoms with E-state index in [9.17, 15) is 0 Å². The van der Waals surface area contributed by atoms with Gasteiger partial charge < -0.3 is 5.73 Å². The van der Waals surface area contributed by atoms with Gasteiger partial charge in [-0.1, -0.05) is 0 Å². The Hall–Kier alpha value is -0.170. The molecule has 42 valence electrons. The molecular weight excluding hydrogens is 86.1 g/mol. The maximum Gasteiger partial charge on any atom is 0.0333 e. The quantitative estimate of drug-likeness (QED) is 0.525. The second-order valence-corrected chi connectivity index (χ2v) is 1.80. The molecule has 0 fully saturated rings. The summed E-state index contributed by atoms with van der Waals surface area (Å²) < 4.78 is 0. The molecule has 0 aromatic carbocycles. The highest BCUT2D eigenvalue weighted by Crippen LogP contribution is 1.99. The van der Waals surface area contributed by atoms with Crippen LogP contribution >= 0.6 is 0 Å². The third-order valence-electron chi connectivity index (χ3n) is 0.816. The number of hydrogen-bond donors (Lipinski definition) is 1. The molecule has 0 aliphatic rings. The zero-order chi connectivity index (χ0) is 5.70. The molecule has 0 aromatic rings. The summed E-state index contributed by atoms with van der Waals surface area (Å²) >= 11 is 0. The van der Waals surface area contributed by atoms with Crippen molar-refractivity contribution in [2.45, 2.75) is 12.8 Å². The Kier molecular flexibility index (Phi) is 3.90. The minimum atomic E-state index is 0.323. The molecule has 0 atom stereocenters. The summed E-state index contributed by atoms with van der Waals surface area (Å²) in [6.45, 7) is 8.18. The highest BCUT2D eigenvalue weighted by atomic mass is 14.5. The van der Waals surface area contributed by atoms with E-state index in [2.05, 4.69) is 13.8 Å². The van der Waals surface area contributed by atoms with Crippen molar-refractivity contribution in [2.24, 2.45) is 11.7 Å². The van der Waals surface area contributed by atoms with Crippen molar-refractivity contribution in [2.75, 3.05) is 6.54 Å². The van der Waals surface area contributed by atoms with E-state index in [0.29, 0.717) is 5.92 Å². The van der Waals surface area contributed by atoms with Gasteiger partial charge in [0.2, 0.25) is 0 Å². The zero-order valence-electron chi connectivity index (χ0n) is 4.69. The molecule has 0 heterocycles. The smallest absolute Gasteiger partial charge is 0.0333 e. The van der Waals surface area contributed by atoms with Gasteiger partial charge in [0.05, 0.1) is 0 Å². The second kappa shape index (κ2) is 4.00. The molecule has 0 aromatic heterocycles. The van der Waals surface area contributed by atoms with Gasteiger partial charge in [0, 0.05) is 6.92 Å². The van der Waals surface area contributed by atoms with Gasteiger partial charge in [-0.2, -0.15) is 0 Å². The number of rotatable bonds is 3. The summed E-state index contributed by atoms with van der Waals surface area (Å²) in [5.41, 5.74) is 5.22. The zero-order valence-corrected chi connectivity index (χ0v) is 4.69. The summed E-state index contributed by atoms with van der Waals surface area (Å²) in [7, 11) is 0. The number of nitrogens with two attached hydrogens (primary N) is 1. The van der Waals surface area contributed by atoms with Gasteiger partial charge in [-0.15, -0.1) is 0 Å². The van der Waals surface area contributed by atoms with Crippen molar-refractivity contribution < 1.29 is 0 Å². The molecule has 0 aliphatic carbocycles. The van der Waals surface area contributed by atoms with E-state index in [1.165, 1.54) is 0 Å². The summed E-state index contributed by atoms with van der Waals surface area (Å²) in [5.74, 6) is 0.323. The third kappa shape index (κ3) is 5.83. The second-order valence-electron chi connectivity index (χ2n) is 1.80. The molecule has 1 nitrogen and oxygen atoms in total. The van der Waals surface area contributed by atoms with Gasteiger partial charge in [-0.05, 0) is 25.3 Å². The topological polar surface area (TPSA) is 26.0 Å². The summed E-state index contributed by atoms with van der Waals surface area (Å²) in [6, 6.07) is 0. The predicted octanol–water partition coefficient (Wildman–Crippen LogP) is 1.01. The Bertz CT molecular complexity index is 33.2. The highest BCUT2D eigenvalue weighted by molar-refractivity contribution is 4.61. The van der Waals surface area contributed by atoms with Crippen molar-refractivity contribution in [1.29, 1.82) is 0 Å². The molecule has 0 saturated carbocycles. The molecule has 1 heteroatoms. The van der Waals surface area contributed by atoms with Crippen LogP contribution in [0.15, 0.2) is 0 Å². The van der Waals surface area contributed by atoms with E-state index < -0.39 is 0 Å². The fraction of sp³-hybridized carbons (Fsp3) is 0.667. The third-order valence-corrected chi connectivity index (χ3v) is 0.816. The Balaban J connectivity index is 2.68. The molecule has 0 amide bonds. The van der Waals surface area contributed by atoms with Crippen LogP contribution in [0.25, 0.3) is 0 Å². The Morgan fingerprint density at radius 1 is 1.71 bits per heavy atom. The molecule has 7 heavy (non-hydrogen) atoms. The molecular formula is C6H13N. The van der Waals surface area contributed by atoms with Gasteiger partial charge in [-0.3, -0.25) is 6.92 Å². The fourth-order valence-electron chi connectivity index (χ4n) is 0.407. The lowest BCUT2D eigenvalue weighted by molar-refractivity contribution is 0.656. The largest absolute Gasteiger partial charge is 0.330 e. The number of hydrogen-bond acceptors (Lipinski definition) is 1. The fourth-order valence-corrected chi connectivity index (χ4v) is 0.407. The van der Waals surface area contributed by atoms with E-state index in [0.717, 1.165) is 19.4 Å². The van der Waals surface area contributed by atoms with Crippen LogP contribution in [-0.2, 0) is 0 Å². The van der Waals surface area contributed by atoms with Crippen LogP contribution in [-0.4, -0.2) is 6.54 Å². The molecule has 0 bridgehead atoms. The molecule has 2 N–H and O–H groups in total. The first-order valence-electron chi connectivity index (χ1n) is 2.63. The maximum atomic E-state index is 5.22. The van der Waals surface area contributed by atoms with Crippen LogP contribution in [0.1, 0.15) is 12.8 Å². The first-order chi connectivity index (χ1) is 3.27. The van der Waals surface area contributed by atoms with Gasteiger partial charge in [0.25, 0.3) is 0 Å². The van der Waals surface area contributed by atoms with Crippen molar-refractivity contribution in [3.05, 3.63) is 13.8 Å². The van der Waals surface area contributed by atoms with E-state index in [1.807, 2.05) is 0 Å². The van der Waals surface area contributed by atoms with E-state index in [-0.39, 0.29) is 0 Å². The average molecular weight is 99.2 g/mol. The molecule has 0 radical (unpaired) electrons. The van der Waals surface area contributed by atoms with Crippen LogP contribution in [0.5, 0.6) is 0 Å². The minimum absolute atomic E-state index is 0.323. The lowest BCUT2D eigenvalue weighted by Crippen LogP contribution is -2.00. The monoisotopic (exact) mass is 99.1 g/mol. The van der Waals surface area contributed by atoms with E-state index >= 15 is 0 Å². The Morgan fingerprint density at radius 3 is 2.43 bits per heavy atom. The van der Waals surface area contributed by atoms with Crippen LogP contribution < -0.4 is 5.73 Å². The molecule has 0 rings (SSSR count). The SMILES string of the molecule is [CH2+]C([CH2-])CCCN. The van der Waals surface area contributed by atoms with Crippen LogP contribution in [0.2, 0.25) is 0 Å². The van der Waals surface area contributed by atoms with E-state index in [1.54, 1.807) is 0 Å². The van der Waals surface area contributed by atoms with Crippen LogP contribution in [0, 0.1) is 19.8 Å². The van der Waals surface area contributed by atoms with Gasteiger partial charge in [0.15, 0.2) is 0 Å². The first kappa shape index (κ1) is 6.83. The Morgan fingerprint density at radius 2 is 2.29 bits per heavy atom. The van der Waals surface area contributed by atoms with Crippen molar-refractivity contribution in [3.8, 4) is 0 Å². The minimum Gasteiger partial charge on any atom is -0.330 e. The van der Waals surface area contributed by atoms with Crippen molar-refractivity contribution in [3.63, 3.8) is 0 Å². The lowest BCUT2D eigenvalue weighted by Gasteiger charge is -1.99.